The van der Waals surface area contributed by atoms with Gasteiger partial charge in [-0.05, 0) is 48.4 Å². The number of thiocarbonyl (C=S) groups is 1. The van der Waals surface area contributed by atoms with Crippen molar-refractivity contribution >= 4 is 84.5 Å². The van der Waals surface area contributed by atoms with Crippen LogP contribution in [0.3, 0.4) is 0 Å². The highest BCUT2D eigenvalue weighted by atomic mass is 35.5. The number of thioether (sulfide) groups is 1. The standard InChI is InChI=1S/C21H15ClFN3O2S3/c22-13-5-3-12(4-6-13)10-17-19(28)26(21(29)31-17)9-1-2-18(27)25-20-24-15-8-7-14(23)11-16(15)30-20/h3-8,10-11H,1-2,9H2,(H,24,25,27)/b17-10-. The van der Waals surface area contributed by atoms with E-state index in [1.54, 1.807) is 24.3 Å². The Labute approximate surface area is 196 Å². The average molecular weight is 492 g/mol. The molecule has 158 valence electrons. The Kier molecular flexibility index (Phi) is 6.66. The first kappa shape index (κ1) is 21.9. The Morgan fingerprint density at radius 3 is 2.81 bits per heavy atom. The fraction of sp³-hybridized carbons (Fsp3) is 0.143. The van der Waals surface area contributed by atoms with E-state index < -0.39 is 0 Å². The van der Waals surface area contributed by atoms with Gasteiger partial charge in [0, 0.05) is 18.0 Å². The summed E-state index contributed by atoms with van der Waals surface area (Å²) in [6.07, 6.45) is 2.43. The van der Waals surface area contributed by atoms with Crippen LogP contribution < -0.4 is 5.32 Å². The van der Waals surface area contributed by atoms with Crippen molar-refractivity contribution in [3.63, 3.8) is 0 Å². The van der Waals surface area contributed by atoms with E-state index in [0.29, 0.717) is 42.6 Å². The highest BCUT2D eigenvalue weighted by molar-refractivity contribution is 8.26. The number of carbonyl (C=O) groups excluding carboxylic acids is 2. The van der Waals surface area contributed by atoms with Crippen molar-refractivity contribution in [3.05, 3.63) is 63.8 Å². The van der Waals surface area contributed by atoms with Crippen molar-refractivity contribution in [3.8, 4) is 0 Å². The van der Waals surface area contributed by atoms with Crippen molar-refractivity contribution < 1.29 is 14.0 Å². The Hall–Kier alpha value is -2.33. The SMILES string of the molecule is O=C(CCCN1C(=O)/C(=C/c2ccc(Cl)cc2)SC1=S)Nc1nc2ccc(F)cc2s1. The van der Waals surface area contributed by atoms with Gasteiger partial charge in [0.1, 0.15) is 10.1 Å². The topological polar surface area (TPSA) is 62.3 Å². The summed E-state index contributed by atoms with van der Waals surface area (Å²) in [6.45, 7) is 0.348. The Balaban J connectivity index is 1.31. The van der Waals surface area contributed by atoms with Crippen molar-refractivity contribution in [2.75, 3.05) is 11.9 Å². The number of aromatic nitrogens is 1. The molecule has 0 spiro atoms. The predicted octanol–water partition coefficient (Wildman–Crippen LogP) is 5.71. The third kappa shape index (κ3) is 5.30. The molecule has 1 aromatic heterocycles. The number of hydrogen-bond acceptors (Lipinski definition) is 6. The molecule has 1 saturated heterocycles. The van der Waals surface area contributed by atoms with Gasteiger partial charge in [-0.25, -0.2) is 9.37 Å². The van der Waals surface area contributed by atoms with Gasteiger partial charge < -0.3 is 5.32 Å². The second-order valence-corrected chi connectivity index (χ2v) is 9.81. The minimum Gasteiger partial charge on any atom is -0.302 e. The number of fused-ring (bicyclic) bond motifs is 1. The van der Waals surface area contributed by atoms with E-state index in [0.717, 1.165) is 5.56 Å². The molecule has 1 fully saturated rings. The van der Waals surface area contributed by atoms with E-state index in [4.69, 9.17) is 23.8 Å². The summed E-state index contributed by atoms with van der Waals surface area (Å²) in [6, 6.07) is 11.5. The lowest BCUT2D eigenvalue weighted by Gasteiger charge is -2.13. The van der Waals surface area contributed by atoms with Gasteiger partial charge in [-0.2, -0.15) is 0 Å². The lowest BCUT2D eigenvalue weighted by molar-refractivity contribution is -0.122. The minimum absolute atomic E-state index is 0.168. The fourth-order valence-corrected chi connectivity index (χ4v) is 5.28. The number of halogens is 2. The number of carbonyl (C=O) groups is 2. The maximum absolute atomic E-state index is 13.3. The monoisotopic (exact) mass is 491 g/mol. The first-order chi connectivity index (χ1) is 14.9. The van der Waals surface area contributed by atoms with Gasteiger partial charge in [0.25, 0.3) is 5.91 Å². The fourth-order valence-electron chi connectivity index (χ4n) is 2.93. The van der Waals surface area contributed by atoms with Crippen LogP contribution in [0, 0.1) is 5.82 Å². The van der Waals surface area contributed by atoms with Crippen LogP contribution >= 0.6 is 46.9 Å². The molecule has 4 rings (SSSR count). The number of benzene rings is 2. The molecule has 2 amide bonds. The number of nitrogens with zero attached hydrogens (tertiary/aromatic N) is 2. The molecule has 0 unspecified atom stereocenters. The molecule has 2 aromatic carbocycles. The predicted molar refractivity (Wildman–Crippen MR) is 129 cm³/mol. The third-order valence-corrected chi connectivity index (χ3v) is 6.99. The van der Waals surface area contributed by atoms with E-state index in [9.17, 15) is 14.0 Å². The van der Waals surface area contributed by atoms with Crippen LogP contribution in [0.2, 0.25) is 5.02 Å². The number of anilines is 1. The molecule has 1 aliphatic heterocycles. The smallest absolute Gasteiger partial charge is 0.266 e. The zero-order valence-corrected chi connectivity index (χ0v) is 19.1. The van der Waals surface area contributed by atoms with Crippen LogP contribution in [0.4, 0.5) is 9.52 Å². The quantitative estimate of drug-likeness (QED) is 0.353. The van der Waals surface area contributed by atoms with Crippen molar-refractivity contribution in [2.45, 2.75) is 12.8 Å². The highest BCUT2D eigenvalue weighted by Gasteiger charge is 2.31. The zero-order chi connectivity index (χ0) is 22.0. The second kappa shape index (κ2) is 9.44. The van der Waals surface area contributed by atoms with Crippen LogP contribution in [-0.4, -0.2) is 32.6 Å². The van der Waals surface area contributed by atoms with Gasteiger partial charge in [-0.1, -0.05) is 59.1 Å². The molecule has 0 radical (unpaired) electrons. The van der Waals surface area contributed by atoms with Crippen LogP contribution in [0.25, 0.3) is 16.3 Å². The number of rotatable bonds is 6. The molecular weight excluding hydrogens is 477 g/mol. The second-order valence-electron chi connectivity index (χ2n) is 6.67. The number of amides is 2. The zero-order valence-electron chi connectivity index (χ0n) is 15.9. The van der Waals surface area contributed by atoms with E-state index in [1.807, 2.05) is 12.1 Å². The molecule has 0 atom stereocenters. The van der Waals surface area contributed by atoms with E-state index in [-0.39, 0.29) is 24.1 Å². The molecule has 0 saturated carbocycles. The summed E-state index contributed by atoms with van der Waals surface area (Å²) in [4.78, 5) is 31.2. The van der Waals surface area contributed by atoms with Crippen LogP contribution in [-0.2, 0) is 9.59 Å². The summed E-state index contributed by atoms with van der Waals surface area (Å²) in [5, 5.41) is 3.77. The third-order valence-electron chi connectivity index (χ3n) is 4.42. The lowest BCUT2D eigenvalue weighted by Crippen LogP contribution is -2.29. The number of thiazole rings is 1. The molecule has 10 heteroatoms. The minimum atomic E-state index is -0.345. The number of hydrogen-bond donors (Lipinski definition) is 1. The van der Waals surface area contributed by atoms with E-state index in [1.165, 1.54) is 40.1 Å². The van der Waals surface area contributed by atoms with Gasteiger partial charge >= 0.3 is 0 Å². The molecule has 1 aliphatic rings. The maximum atomic E-state index is 13.3. The normalized spacial score (nSPS) is 15.3. The Bertz CT molecular complexity index is 1210. The van der Waals surface area contributed by atoms with Crippen molar-refractivity contribution in [1.82, 2.24) is 9.88 Å². The molecule has 2 heterocycles. The Morgan fingerprint density at radius 2 is 2.03 bits per heavy atom. The van der Waals surface area contributed by atoms with Crippen molar-refractivity contribution in [1.29, 1.82) is 0 Å². The van der Waals surface area contributed by atoms with E-state index in [2.05, 4.69) is 10.3 Å². The summed E-state index contributed by atoms with van der Waals surface area (Å²) >= 11 is 13.7. The molecule has 0 bridgehead atoms. The first-order valence-corrected chi connectivity index (χ1v) is 11.7. The van der Waals surface area contributed by atoms with Crippen LogP contribution in [0.1, 0.15) is 18.4 Å². The highest BCUT2D eigenvalue weighted by Crippen LogP contribution is 2.33. The summed E-state index contributed by atoms with van der Waals surface area (Å²) in [7, 11) is 0. The summed E-state index contributed by atoms with van der Waals surface area (Å²) < 4.78 is 14.4. The maximum Gasteiger partial charge on any atom is 0.266 e. The lowest BCUT2D eigenvalue weighted by atomic mass is 10.2. The molecule has 3 aromatic rings. The van der Waals surface area contributed by atoms with Crippen LogP contribution in [0.15, 0.2) is 47.4 Å². The number of nitrogens with one attached hydrogen (secondary N) is 1. The van der Waals surface area contributed by atoms with Gasteiger partial charge in [0.2, 0.25) is 5.91 Å². The Morgan fingerprint density at radius 1 is 1.26 bits per heavy atom. The van der Waals surface area contributed by atoms with E-state index >= 15 is 0 Å². The van der Waals surface area contributed by atoms with Gasteiger partial charge in [-0.15, -0.1) is 0 Å². The molecule has 5 nitrogen and oxygen atoms in total. The summed E-state index contributed by atoms with van der Waals surface area (Å²) in [5.41, 5.74) is 1.49. The average Bonchev–Trinajstić information content (AvgIpc) is 3.24. The van der Waals surface area contributed by atoms with Gasteiger partial charge in [0.05, 0.1) is 15.1 Å². The molecule has 0 aliphatic carbocycles. The first-order valence-electron chi connectivity index (χ1n) is 9.26. The van der Waals surface area contributed by atoms with Crippen LogP contribution in [0.5, 0.6) is 0 Å². The largest absolute Gasteiger partial charge is 0.302 e. The summed E-state index contributed by atoms with van der Waals surface area (Å²) in [5.74, 6) is -0.733. The van der Waals surface area contributed by atoms with Crippen molar-refractivity contribution in [2.24, 2.45) is 0 Å². The molecule has 31 heavy (non-hydrogen) atoms. The molecule has 1 N–H and O–H groups in total. The van der Waals surface area contributed by atoms with Gasteiger partial charge in [0.15, 0.2) is 5.13 Å². The van der Waals surface area contributed by atoms with Gasteiger partial charge in [-0.3, -0.25) is 14.5 Å². The molecular formula is C21H15ClFN3O2S3.